The molecule has 0 spiro atoms. The van der Waals surface area contributed by atoms with E-state index in [4.69, 9.17) is 14.3 Å². The molecule has 2 fully saturated rings. The van der Waals surface area contributed by atoms with Crippen molar-refractivity contribution in [3.8, 4) is 0 Å². The average Bonchev–Trinajstić information content (AvgIpc) is 2.66. The van der Waals surface area contributed by atoms with Crippen LogP contribution in [0.25, 0.3) is 0 Å². The summed E-state index contributed by atoms with van der Waals surface area (Å²) < 4.78 is 10.8. The van der Waals surface area contributed by atoms with Crippen LogP contribution in [-0.2, 0) is 14.3 Å². The topological polar surface area (TPSA) is 101 Å². The van der Waals surface area contributed by atoms with Gasteiger partial charge in [0, 0.05) is 13.1 Å². The maximum absolute atomic E-state index is 12.2. The second-order valence-corrected chi connectivity index (χ2v) is 7.45. The predicted octanol–water partition coefficient (Wildman–Crippen LogP) is 0.330. The van der Waals surface area contributed by atoms with Gasteiger partial charge in [0.2, 0.25) is 0 Å². The van der Waals surface area contributed by atoms with Crippen molar-refractivity contribution in [2.75, 3.05) is 39.5 Å². The lowest BCUT2D eigenvalue weighted by Crippen LogP contribution is -2.51. The van der Waals surface area contributed by atoms with E-state index in [1.54, 1.807) is 27.7 Å². The molecule has 0 aromatic carbocycles. The van der Waals surface area contributed by atoms with Crippen LogP contribution in [0.15, 0.2) is 0 Å². The lowest BCUT2D eigenvalue weighted by Gasteiger charge is -2.28. The molecule has 24 heavy (non-hydrogen) atoms. The van der Waals surface area contributed by atoms with Crippen LogP contribution >= 0.6 is 0 Å². The highest BCUT2D eigenvalue weighted by Crippen LogP contribution is 2.17. The van der Waals surface area contributed by atoms with Crippen LogP contribution in [0.5, 0.6) is 0 Å². The van der Waals surface area contributed by atoms with Gasteiger partial charge in [0.15, 0.2) is 0 Å². The number of hydrogen-bond donors (Lipinski definition) is 2. The van der Waals surface area contributed by atoms with Crippen LogP contribution in [0.2, 0.25) is 0 Å². The summed E-state index contributed by atoms with van der Waals surface area (Å²) in [6, 6.07) is -0.853. The molecule has 2 N–H and O–H groups in total. The number of nitrogens with one attached hydrogen (secondary N) is 1. The fraction of sp³-hybridized carbons (Fsp3) is 0.867. The monoisotopic (exact) mass is 345 g/mol. The molecule has 3 amide bonds. The maximum Gasteiger partial charge on any atom is 0.410 e. The Balaban J connectivity index is 1.90. The Morgan fingerprint density at radius 1 is 1.38 bits per heavy atom. The van der Waals surface area contributed by atoms with Gasteiger partial charge in [-0.05, 0) is 27.7 Å². The van der Waals surface area contributed by atoms with Crippen LogP contribution in [0.1, 0.15) is 27.7 Å². The molecule has 0 saturated carbocycles. The highest BCUT2D eigenvalue weighted by molar-refractivity contribution is 5.74. The summed E-state index contributed by atoms with van der Waals surface area (Å²) in [5, 5.41) is 13.7. The van der Waals surface area contributed by atoms with Crippen molar-refractivity contribution in [3.05, 3.63) is 0 Å². The fourth-order valence-corrected chi connectivity index (χ4v) is 2.38. The van der Waals surface area contributed by atoms with Crippen LogP contribution in [0.4, 0.5) is 9.59 Å². The molecule has 2 aliphatic heterocycles. The van der Waals surface area contributed by atoms with E-state index in [-0.39, 0.29) is 32.3 Å². The van der Waals surface area contributed by atoms with Crippen molar-refractivity contribution in [2.45, 2.75) is 44.9 Å². The molecule has 9 heteroatoms. The smallest absolute Gasteiger partial charge is 0.410 e. The Morgan fingerprint density at radius 2 is 2.08 bits per heavy atom. The van der Waals surface area contributed by atoms with E-state index in [1.165, 1.54) is 4.90 Å². The van der Waals surface area contributed by atoms with Gasteiger partial charge in [-0.1, -0.05) is 0 Å². The van der Waals surface area contributed by atoms with Gasteiger partial charge >= 0.3 is 12.1 Å². The van der Waals surface area contributed by atoms with Gasteiger partial charge in [-0.3, -0.25) is 4.84 Å². The zero-order valence-electron chi connectivity index (χ0n) is 14.7. The van der Waals surface area contributed by atoms with E-state index in [1.807, 2.05) is 0 Å². The lowest BCUT2D eigenvalue weighted by atomic mass is 10.1. The van der Waals surface area contributed by atoms with Crippen molar-refractivity contribution >= 4 is 12.1 Å². The van der Waals surface area contributed by atoms with Crippen molar-refractivity contribution < 1.29 is 29.0 Å². The largest absolute Gasteiger partial charge is 0.444 e. The first kappa shape index (κ1) is 18.8. The van der Waals surface area contributed by atoms with Gasteiger partial charge in [-0.2, -0.15) is 0 Å². The summed E-state index contributed by atoms with van der Waals surface area (Å²) in [5.41, 5.74) is -1.64. The summed E-state index contributed by atoms with van der Waals surface area (Å²) in [5.74, 6) is 0. The Hall–Kier alpha value is -1.58. The molecule has 2 saturated heterocycles. The third-order valence-corrected chi connectivity index (χ3v) is 3.49. The number of nitrogens with zero attached hydrogens (tertiary/aromatic N) is 2. The number of aliphatic hydroxyl groups is 1. The molecule has 2 atom stereocenters. The summed E-state index contributed by atoms with van der Waals surface area (Å²) in [4.78, 5) is 31.1. The second kappa shape index (κ2) is 7.12. The molecule has 2 aliphatic rings. The number of hydroxylamine groups is 2. The van der Waals surface area contributed by atoms with Gasteiger partial charge in [0.25, 0.3) is 0 Å². The molecule has 2 rings (SSSR count). The standard InChI is InChI=1S/C15H27N3O6/c1-14(2,3)24-13(20)17-5-6-22-8-11(7-17)16-12(19)18-9-15(4,21)10-23-18/h11,21H,5-10H2,1-4H3,(H,16,19). The molecule has 0 aromatic heterocycles. The third kappa shape index (κ3) is 5.50. The number of amides is 3. The predicted molar refractivity (Wildman–Crippen MR) is 84.2 cm³/mol. The number of β-amino-alcohol motifs (C(OH)–C–C–N with tert-alkyl or cyclic N) is 1. The second-order valence-electron chi connectivity index (χ2n) is 7.45. The summed E-state index contributed by atoms with van der Waals surface area (Å²) in [6.07, 6.45) is -0.437. The number of rotatable bonds is 1. The average molecular weight is 345 g/mol. The molecule has 0 radical (unpaired) electrons. The summed E-state index contributed by atoms with van der Waals surface area (Å²) in [6.45, 7) is 8.49. The number of carbonyl (C=O) groups is 2. The van der Waals surface area contributed by atoms with Crippen LogP contribution < -0.4 is 5.32 Å². The Labute approximate surface area is 141 Å². The first-order chi connectivity index (χ1) is 11.1. The molecular formula is C15H27N3O6. The van der Waals surface area contributed by atoms with Crippen LogP contribution in [0.3, 0.4) is 0 Å². The number of hydrogen-bond acceptors (Lipinski definition) is 6. The van der Waals surface area contributed by atoms with Gasteiger partial charge in [-0.25, -0.2) is 14.7 Å². The lowest BCUT2D eigenvalue weighted by molar-refractivity contribution is -0.0715. The summed E-state index contributed by atoms with van der Waals surface area (Å²) in [7, 11) is 0. The fourth-order valence-electron chi connectivity index (χ4n) is 2.38. The minimum Gasteiger partial charge on any atom is -0.444 e. The first-order valence-corrected chi connectivity index (χ1v) is 8.05. The van der Waals surface area contributed by atoms with Crippen LogP contribution in [-0.4, -0.2) is 83.9 Å². The molecule has 9 nitrogen and oxygen atoms in total. The van der Waals surface area contributed by atoms with E-state index in [9.17, 15) is 14.7 Å². The minimum atomic E-state index is -1.06. The van der Waals surface area contributed by atoms with Crippen molar-refractivity contribution in [1.82, 2.24) is 15.3 Å². The first-order valence-electron chi connectivity index (χ1n) is 8.05. The molecule has 0 bridgehead atoms. The number of urea groups is 1. The zero-order valence-corrected chi connectivity index (χ0v) is 14.7. The van der Waals surface area contributed by atoms with E-state index in [0.29, 0.717) is 13.2 Å². The Bertz CT molecular complexity index is 476. The Morgan fingerprint density at radius 3 is 2.67 bits per heavy atom. The quantitative estimate of drug-likeness (QED) is 0.710. The van der Waals surface area contributed by atoms with Gasteiger partial charge in [-0.15, -0.1) is 0 Å². The maximum atomic E-state index is 12.2. The van der Waals surface area contributed by atoms with Gasteiger partial charge < -0.3 is 24.8 Å². The molecule has 0 aromatic rings. The molecular weight excluding hydrogens is 318 g/mol. The SMILES string of the molecule is CC1(O)CON(C(=O)NC2COCCN(C(=O)OC(C)(C)C)C2)C1. The number of ether oxygens (including phenoxy) is 2. The van der Waals surface area contributed by atoms with E-state index in [0.717, 1.165) is 5.06 Å². The third-order valence-electron chi connectivity index (χ3n) is 3.49. The summed E-state index contributed by atoms with van der Waals surface area (Å²) >= 11 is 0. The van der Waals surface area contributed by atoms with Crippen LogP contribution in [0, 0.1) is 0 Å². The zero-order chi connectivity index (χ0) is 18.0. The minimum absolute atomic E-state index is 0.0611. The number of carbonyl (C=O) groups excluding carboxylic acids is 2. The van der Waals surface area contributed by atoms with Gasteiger partial charge in [0.1, 0.15) is 17.8 Å². The molecule has 0 aliphatic carbocycles. The highest BCUT2D eigenvalue weighted by Gasteiger charge is 2.37. The highest BCUT2D eigenvalue weighted by atomic mass is 16.7. The van der Waals surface area contributed by atoms with Crippen molar-refractivity contribution in [3.63, 3.8) is 0 Å². The van der Waals surface area contributed by atoms with E-state index >= 15 is 0 Å². The molecule has 2 unspecified atom stereocenters. The molecule has 138 valence electrons. The van der Waals surface area contributed by atoms with Crippen molar-refractivity contribution in [2.24, 2.45) is 0 Å². The Kier molecular flexibility index (Phi) is 5.56. The normalized spacial score (nSPS) is 28.5. The van der Waals surface area contributed by atoms with E-state index < -0.39 is 23.3 Å². The molecule has 2 heterocycles. The van der Waals surface area contributed by atoms with E-state index in [2.05, 4.69) is 5.32 Å². The van der Waals surface area contributed by atoms with Gasteiger partial charge in [0.05, 0.1) is 25.8 Å². The van der Waals surface area contributed by atoms with Crippen molar-refractivity contribution in [1.29, 1.82) is 0 Å².